The lowest BCUT2D eigenvalue weighted by Gasteiger charge is -2.57. The summed E-state index contributed by atoms with van der Waals surface area (Å²) >= 11 is 0. The van der Waals surface area contributed by atoms with E-state index >= 15 is 0 Å². The van der Waals surface area contributed by atoms with E-state index in [2.05, 4.69) is 86.1 Å². The molecule has 3 heterocycles. The number of allylic oxidation sites excluding steroid dienone is 1. The van der Waals surface area contributed by atoms with E-state index in [1.165, 1.54) is 67.2 Å². The van der Waals surface area contributed by atoms with E-state index in [4.69, 9.17) is 9.47 Å². The largest absolute Gasteiger partial charge is 0.489 e. The summed E-state index contributed by atoms with van der Waals surface area (Å²) in [6, 6.07) is 20.1. The van der Waals surface area contributed by atoms with Crippen molar-refractivity contribution in [3.63, 3.8) is 0 Å². The normalized spacial score (nSPS) is 18.1. The molecule has 0 N–H and O–H groups in total. The fourth-order valence-electron chi connectivity index (χ4n) is 6.37. The maximum atomic E-state index is 11.2. The lowest BCUT2D eigenvalue weighted by atomic mass is 9.59. The maximum Gasteiger partial charge on any atom is 0.161 e. The van der Waals surface area contributed by atoms with Crippen LogP contribution >= 0.6 is 0 Å². The molecule has 0 atom stereocenters. The lowest BCUT2D eigenvalue weighted by Crippen LogP contribution is -2.60. The van der Waals surface area contributed by atoms with Crippen molar-refractivity contribution in [2.24, 2.45) is 5.41 Å². The minimum Gasteiger partial charge on any atom is -0.489 e. The number of rotatable bonds is 7. The van der Waals surface area contributed by atoms with Crippen LogP contribution in [0.3, 0.4) is 0 Å². The average molecular weight is 567 g/mol. The number of aryl methyl sites for hydroxylation is 1. The molecule has 222 valence electrons. The fraction of sp³-hybridized carbons (Fsp3) is 0.459. The average Bonchev–Trinajstić information content (AvgIpc) is 2.95. The van der Waals surface area contributed by atoms with Gasteiger partial charge in [0.15, 0.2) is 5.78 Å². The van der Waals surface area contributed by atoms with Gasteiger partial charge in [-0.05, 0) is 67.5 Å². The second-order valence-electron chi connectivity index (χ2n) is 12.7. The summed E-state index contributed by atoms with van der Waals surface area (Å²) in [6.45, 7) is 15.8. The second-order valence-corrected chi connectivity index (χ2v) is 12.7. The highest BCUT2D eigenvalue weighted by molar-refractivity contribution is 5.94. The SMILES string of the molecule is CC(=O)c1cncc(OC2CCOCC2)c1.CCN1CC2(CC(=C(c3ccc(C)cc3)c3ccc(C(C)C)cc3)C2)C1. The number of hydrogen-bond donors (Lipinski definition) is 0. The van der Waals surface area contributed by atoms with Crippen molar-refractivity contribution in [2.75, 3.05) is 32.8 Å². The number of pyridine rings is 1. The number of Topliss-reactive ketones (excluding diaryl/α,β-unsaturated/α-hetero) is 1. The van der Waals surface area contributed by atoms with Crippen LogP contribution < -0.4 is 4.74 Å². The Kier molecular flexibility index (Phi) is 9.60. The van der Waals surface area contributed by atoms with E-state index in [0.717, 1.165) is 26.1 Å². The van der Waals surface area contributed by atoms with Crippen LogP contribution in [-0.2, 0) is 4.74 Å². The van der Waals surface area contributed by atoms with Crippen LogP contribution in [0.1, 0.15) is 91.9 Å². The number of aromatic nitrogens is 1. The molecule has 0 bridgehead atoms. The van der Waals surface area contributed by atoms with E-state index in [1.54, 1.807) is 24.0 Å². The number of ether oxygens (including phenoxy) is 2. The van der Waals surface area contributed by atoms with Crippen LogP contribution in [0.5, 0.6) is 5.75 Å². The lowest BCUT2D eigenvalue weighted by molar-refractivity contribution is -0.0257. The number of hydrogen-bond acceptors (Lipinski definition) is 5. The van der Waals surface area contributed by atoms with Crippen molar-refractivity contribution >= 4 is 11.4 Å². The second kappa shape index (κ2) is 13.4. The van der Waals surface area contributed by atoms with Gasteiger partial charge in [0, 0.05) is 43.1 Å². The van der Waals surface area contributed by atoms with E-state index < -0.39 is 0 Å². The molecule has 0 amide bonds. The van der Waals surface area contributed by atoms with Crippen molar-refractivity contribution in [2.45, 2.75) is 72.3 Å². The third-order valence-corrected chi connectivity index (χ3v) is 8.89. The summed E-state index contributed by atoms with van der Waals surface area (Å²) in [5, 5.41) is 0. The van der Waals surface area contributed by atoms with Crippen molar-refractivity contribution in [3.05, 3.63) is 100 Å². The van der Waals surface area contributed by atoms with Crippen LogP contribution in [0.15, 0.2) is 72.6 Å². The number of carbonyl (C=O) groups is 1. The molecule has 3 aliphatic rings. The maximum absolute atomic E-state index is 11.2. The van der Waals surface area contributed by atoms with E-state index in [0.29, 0.717) is 22.6 Å². The molecule has 2 aromatic carbocycles. The summed E-state index contributed by atoms with van der Waals surface area (Å²) in [5.41, 5.74) is 9.83. The monoisotopic (exact) mass is 566 g/mol. The highest BCUT2D eigenvalue weighted by Gasteiger charge is 2.50. The van der Waals surface area contributed by atoms with Crippen LogP contribution in [0.2, 0.25) is 0 Å². The Labute approximate surface area is 252 Å². The Bertz CT molecular complexity index is 1370. The Balaban J connectivity index is 0.000000189. The van der Waals surface area contributed by atoms with Gasteiger partial charge in [-0.15, -0.1) is 0 Å². The first kappa shape index (κ1) is 30.2. The number of likely N-dealkylation sites (tertiary alicyclic amines) is 1. The summed E-state index contributed by atoms with van der Waals surface area (Å²) in [5.74, 6) is 1.26. The molecule has 1 spiro atoms. The minimum absolute atomic E-state index is 0.00456. The van der Waals surface area contributed by atoms with Gasteiger partial charge in [0.05, 0.1) is 19.4 Å². The van der Waals surface area contributed by atoms with Gasteiger partial charge in [-0.1, -0.05) is 80.4 Å². The zero-order valence-corrected chi connectivity index (χ0v) is 26.0. The van der Waals surface area contributed by atoms with E-state index in [1.807, 2.05) is 0 Å². The molecule has 6 rings (SSSR count). The zero-order chi connectivity index (χ0) is 29.7. The molecular weight excluding hydrogens is 520 g/mol. The topological polar surface area (TPSA) is 51.7 Å². The van der Waals surface area contributed by atoms with Gasteiger partial charge in [0.2, 0.25) is 0 Å². The molecule has 1 saturated carbocycles. The fourth-order valence-corrected chi connectivity index (χ4v) is 6.37. The van der Waals surface area contributed by atoms with Gasteiger partial charge in [0.25, 0.3) is 0 Å². The third kappa shape index (κ3) is 7.19. The van der Waals surface area contributed by atoms with Gasteiger partial charge in [0.1, 0.15) is 11.9 Å². The van der Waals surface area contributed by atoms with E-state index in [9.17, 15) is 4.79 Å². The number of nitrogens with zero attached hydrogens (tertiary/aromatic N) is 2. The minimum atomic E-state index is 0.00456. The van der Waals surface area contributed by atoms with Crippen molar-refractivity contribution < 1.29 is 14.3 Å². The smallest absolute Gasteiger partial charge is 0.161 e. The molecule has 1 aliphatic carbocycles. The van der Waals surface area contributed by atoms with Crippen LogP contribution in [-0.4, -0.2) is 54.6 Å². The molecule has 2 aliphatic heterocycles. The summed E-state index contributed by atoms with van der Waals surface area (Å²) in [6.07, 6.45) is 7.71. The molecule has 1 aromatic heterocycles. The van der Waals surface area contributed by atoms with Crippen molar-refractivity contribution in [3.8, 4) is 5.75 Å². The first-order chi connectivity index (χ1) is 20.2. The summed E-state index contributed by atoms with van der Waals surface area (Å²) in [4.78, 5) is 17.7. The van der Waals surface area contributed by atoms with Gasteiger partial charge >= 0.3 is 0 Å². The third-order valence-electron chi connectivity index (χ3n) is 8.89. The molecule has 5 nitrogen and oxygen atoms in total. The van der Waals surface area contributed by atoms with Crippen LogP contribution in [0, 0.1) is 12.3 Å². The van der Waals surface area contributed by atoms with Crippen molar-refractivity contribution in [1.82, 2.24) is 9.88 Å². The molecule has 3 fully saturated rings. The highest BCUT2D eigenvalue weighted by atomic mass is 16.5. The first-order valence-corrected chi connectivity index (χ1v) is 15.6. The Morgan fingerprint density at radius 3 is 2.17 bits per heavy atom. The van der Waals surface area contributed by atoms with E-state index in [-0.39, 0.29) is 11.9 Å². The van der Waals surface area contributed by atoms with Gasteiger partial charge < -0.3 is 14.4 Å². The predicted octanol–water partition coefficient (Wildman–Crippen LogP) is 7.88. The molecule has 0 radical (unpaired) electrons. The molecule has 2 saturated heterocycles. The van der Waals surface area contributed by atoms with Gasteiger partial charge in [-0.2, -0.15) is 0 Å². The standard InChI is InChI=1S/C25H31N.C12H15NO3/c1-5-26-16-25(17-26)14-23(15-25)24(21-8-6-19(4)7-9-21)22-12-10-20(11-13-22)18(2)3;1-9(14)10-6-12(8-13-7-10)16-11-2-4-15-5-3-11/h6-13,18H,5,14-17H2,1-4H3;6-8,11H,2-5H2,1H3. The molecule has 5 heteroatoms. The molecule has 3 aromatic rings. The number of benzene rings is 2. The molecule has 0 unspecified atom stereocenters. The Hall–Kier alpha value is -3.28. The summed E-state index contributed by atoms with van der Waals surface area (Å²) in [7, 11) is 0. The number of ketones is 1. The Morgan fingerprint density at radius 2 is 1.60 bits per heavy atom. The van der Waals surface area contributed by atoms with Crippen LogP contribution in [0.4, 0.5) is 0 Å². The van der Waals surface area contributed by atoms with Gasteiger partial charge in [-0.3, -0.25) is 9.78 Å². The Morgan fingerprint density at radius 1 is 0.976 bits per heavy atom. The number of carbonyl (C=O) groups excluding carboxylic acids is 1. The first-order valence-electron chi connectivity index (χ1n) is 15.6. The predicted molar refractivity (Wildman–Crippen MR) is 170 cm³/mol. The van der Waals surface area contributed by atoms with Crippen LogP contribution in [0.25, 0.3) is 5.57 Å². The zero-order valence-electron chi connectivity index (χ0n) is 26.0. The highest BCUT2D eigenvalue weighted by Crippen LogP contribution is 2.54. The quantitative estimate of drug-likeness (QED) is 0.272. The summed E-state index contributed by atoms with van der Waals surface area (Å²) < 4.78 is 11.0. The van der Waals surface area contributed by atoms with Gasteiger partial charge in [-0.25, -0.2) is 0 Å². The molecular formula is C37H46N2O3. The molecule has 42 heavy (non-hydrogen) atoms. The van der Waals surface area contributed by atoms with Crippen molar-refractivity contribution in [1.29, 1.82) is 0 Å².